The molecule has 0 fully saturated rings. The summed E-state index contributed by atoms with van der Waals surface area (Å²) >= 11 is 0. The van der Waals surface area contributed by atoms with Gasteiger partial charge in [0.1, 0.15) is 5.82 Å². The molecule has 0 aromatic carbocycles. The van der Waals surface area contributed by atoms with E-state index in [0.29, 0.717) is 0 Å². The van der Waals surface area contributed by atoms with Gasteiger partial charge in [-0.3, -0.25) is 0 Å². The van der Waals surface area contributed by atoms with Gasteiger partial charge >= 0.3 is 5.97 Å². The first-order valence-electron chi connectivity index (χ1n) is 3.16. The molecular formula is C6H13N3O2. The molecule has 6 N–H and O–H groups in total. The van der Waals surface area contributed by atoms with Crippen molar-refractivity contribution in [3.63, 3.8) is 0 Å². The zero-order valence-electron chi connectivity index (χ0n) is 6.63. The van der Waals surface area contributed by atoms with E-state index in [9.17, 15) is 4.79 Å². The topological polar surface area (TPSA) is 104 Å². The van der Waals surface area contributed by atoms with Crippen molar-refractivity contribution in [3.05, 3.63) is 11.5 Å². The van der Waals surface area contributed by atoms with E-state index in [1.807, 2.05) is 0 Å². The van der Waals surface area contributed by atoms with Gasteiger partial charge in [0.05, 0.1) is 6.10 Å². The van der Waals surface area contributed by atoms with E-state index < -0.39 is 5.97 Å². The lowest BCUT2D eigenvalue weighted by Gasteiger charge is -2.07. The van der Waals surface area contributed by atoms with Crippen molar-refractivity contribution in [2.75, 3.05) is 0 Å². The second-order valence-electron chi connectivity index (χ2n) is 2.32. The molecule has 0 aromatic rings. The van der Waals surface area contributed by atoms with Crippen molar-refractivity contribution in [2.45, 2.75) is 20.0 Å². The molecule has 0 spiro atoms. The predicted molar refractivity (Wildman–Crippen MR) is 40.8 cm³/mol. The third kappa shape index (κ3) is 3.34. The molecule has 0 aliphatic heterocycles. The summed E-state index contributed by atoms with van der Waals surface area (Å²) in [5, 5.41) is 0. The summed E-state index contributed by atoms with van der Waals surface area (Å²) in [5.41, 5.74) is 15.0. The number of nitrogens with two attached hydrogens (primary N) is 3. The van der Waals surface area contributed by atoms with Crippen LogP contribution in [0.1, 0.15) is 13.8 Å². The lowest BCUT2D eigenvalue weighted by molar-refractivity contribution is -0.142. The van der Waals surface area contributed by atoms with Crippen LogP contribution in [0.4, 0.5) is 0 Å². The van der Waals surface area contributed by atoms with Crippen LogP contribution in [-0.4, -0.2) is 12.1 Å². The smallest absolute Gasteiger partial charge is 0.358 e. The van der Waals surface area contributed by atoms with Gasteiger partial charge in [-0.15, -0.1) is 0 Å². The molecule has 5 heteroatoms. The predicted octanol–water partition coefficient (Wildman–Crippen LogP) is -1.02. The Hall–Kier alpha value is -1.39. The molecule has 0 aliphatic carbocycles. The average Bonchev–Trinajstić information content (AvgIpc) is 1.84. The molecule has 0 aliphatic rings. The van der Waals surface area contributed by atoms with E-state index >= 15 is 0 Å². The molecule has 0 aromatic heterocycles. The van der Waals surface area contributed by atoms with Gasteiger partial charge in [0.2, 0.25) is 0 Å². The fraction of sp³-hybridized carbons (Fsp3) is 0.500. The van der Waals surface area contributed by atoms with Gasteiger partial charge in [0.15, 0.2) is 5.70 Å². The van der Waals surface area contributed by atoms with Crippen LogP contribution in [0.5, 0.6) is 0 Å². The molecule has 5 nitrogen and oxygen atoms in total. The Balaban J connectivity index is 4.17. The minimum Gasteiger partial charge on any atom is -0.458 e. The molecular weight excluding hydrogens is 146 g/mol. The number of hydrogen-bond acceptors (Lipinski definition) is 5. The largest absolute Gasteiger partial charge is 0.458 e. The Kier molecular flexibility index (Phi) is 3.23. The number of carbonyl (C=O) groups is 1. The van der Waals surface area contributed by atoms with Crippen LogP contribution in [0, 0.1) is 0 Å². The highest BCUT2D eigenvalue weighted by molar-refractivity contribution is 5.88. The number of hydrogen-bond donors (Lipinski definition) is 3. The molecule has 64 valence electrons. The van der Waals surface area contributed by atoms with Crippen LogP contribution >= 0.6 is 0 Å². The minimum atomic E-state index is -0.681. The van der Waals surface area contributed by atoms with Gasteiger partial charge in [-0.2, -0.15) is 0 Å². The normalized spacial score (nSPS) is 9.36. The maximum absolute atomic E-state index is 10.8. The SMILES string of the molecule is CC(C)OC(=O)C(N)=C(N)N. The number of carbonyl (C=O) groups excluding carboxylic acids is 1. The van der Waals surface area contributed by atoms with Gasteiger partial charge in [0, 0.05) is 0 Å². The molecule has 0 bridgehead atoms. The van der Waals surface area contributed by atoms with Crippen LogP contribution in [0.15, 0.2) is 11.5 Å². The van der Waals surface area contributed by atoms with Gasteiger partial charge in [0.25, 0.3) is 0 Å². The highest BCUT2D eigenvalue weighted by atomic mass is 16.5. The Labute approximate surface area is 65.2 Å². The summed E-state index contributed by atoms with van der Waals surface area (Å²) in [6.45, 7) is 3.41. The second kappa shape index (κ2) is 3.70. The van der Waals surface area contributed by atoms with Crippen LogP contribution < -0.4 is 17.2 Å². The fourth-order valence-electron chi connectivity index (χ4n) is 0.395. The van der Waals surface area contributed by atoms with E-state index in [1.54, 1.807) is 13.8 Å². The Morgan fingerprint density at radius 1 is 1.27 bits per heavy atom. The van der Waals surface area contributed by atoms with E-state index in [0.717, 1.165) is 0 Å². The summed E-state index contributed by atoms with van der Waals surface area (Å²) in [4.78, 5) is 10.8. The number of esters is 1. The van der Waals surface area contributed by atoms with Crippen LogP contribution in [0.3, 0.4) is 0 Å². The summed E-state index contributed by atoms with van der Waals surface area (Å²) in [5.74, 6) is -0.893. The molecule has 0 saturated heterocycles. The van der Waals surface area contributed by atoms with Crippen LogP contribution in [0.2, 0.25) is 0 Å². The highest BCUT2D eigenvalue weighted by Gasteiger charge is 2.10. The summed E-state index contributed by atoms with van der Waals surface area (Å²) in [6.07, 6.45) is -0.222. The van der Waals surface area contributed by atoms with E-state index in [2.05, 4.69) is 0 Å². The monoisotopic (exact) mass is 159 g/mol. The maximum Gasteiger partial charge on any atom is 0.358 e. The summed E-state index contributed by atoms with van der Waals surface area (Å²) in [6, 6.07) is 0. The first-order chi connectivity index (χ1) is 4.95. The quantitative estimate of drug-likeness (QED) is 0.353. The molecule has 0 atom stereocenters. The maximum atomic E-state index is 10.8. The van der Waals surface area contributed by atoms with E-state index in [1.165, 1.54) is 0 Å². The van der Waals surface area contributed by atoms with Gasteiger partial charge in [-0.25, -0.2) is 4.79 Å². The first kappa shape index (κ1) is 9.61. The Morgan fingerprint density at radius 2 is 1.73 bits per heavy atom. The van der Waals surface area contributed by atoms with Crippen molar-refractivity contribution in [1.82, 2.24) is 0 Å². The van der Waals surface area contributed by atoms with Crippen LogP contribution in [-0.2, 0) is 9.53 Å². The molecule has 11 heavy (non-hydrogen) atoms. The average molecular weight is 159 g/mol. The molecule has 0 rings (SSSR count). The van der Waals surface area contributed by atoms with E-state index in [-0.39, 0.29) is 17.6 Å². The van der Waals surface area contributed by atoms with Crippen LogP contribution in [0.25, 0.3) is 0 Å². The molecule has 0 heterocycles. The lowest BCUT2D eigenvalue weighted by atomic mass is 10.4. The van der Waals surface area contributed by atoms with Gasteiger partial charge < -0.3 is 21.9 Å². The van der Waals surface area contributed by atoms with Crippen molar-refractivity contribution >= 4 is 5.97 Å². The Bertz CT molecular complexity index is 182. The van der Waals surface area contributed by atoms with Crippen molar-refractivity contribution in [2.24, 2.45) is 17.2 Å². The van der Waals surface area contributed by atoms with Crippen molar-refractivity contribution in [3.8, 4) is 0 Å². The lowest BCUT2D eigenvalue weighted by Crippen LogP contribution is -2.26. The Morgan fingerprint density at radius 3 is 2.00 bits per heavy atom. The third-order valence-corrected chi connectivity index (χ3v) is 0.874. The summed E-state index contributed by atoms with van der Waals surface area (Å²) in [7, 11) is 0. The van der Waals surface area contributed by atoms with Gasteiger partial charge in [-0.1, -0.05) is 0 Å². The van der Waals surface area contributed by atoms with Crippen molar-refractivity contribution in [1.29, 1.82) is 0 Å². The van der Waals surface area contributed by atoms with E-state index in [4.69, 9.17) is 21.9 Å². The summed E-state index contributed by atoms with van der Waals surface area (Å²) < 4.78 is 4.69. The molecule has 0 radical (unpaired) electrons. The standard InChI is InChI=1S/C6H13N3O2/c1-3(2)11-6(10)4(7)5(8)9/h3H,7-9H2,1-2H3. The molecule has 0 amide bonds. The zero-order chi connectivity index (χ0) is 9.02. The second-order valence-corrected chi connectivity index (χ2v) is 2.32. The first-order valence-corrected chi connectivity index (χ1v) is 3.16. The number of ether oxygens (including phenoxy) is 1. The van der Waals surface area contributed by atoms with Gasteiger partial charge in [-0.05, 0) is 13.8 Å². The third-order valence-electron chi connectivity index (χ3n) is 0.874. The molecule has 0 saturated carbocycles. The highest BCUT2D eigenvalue weighted by Crippen LogP contribution is 1.94. The fourth-order valence-corrected chi connectivity index (χ4v) is 0.395. The molecule has 0 unspecified atom stereocenters. The minimum absolute atomic E-state index is 0.212. The van der Waals surface area contributed by atoms with Crippen molar-refractivity contribution < 1.29 is 9.53 Å². The number of rotatable bonds is 2. The zero-order valence-corrected chi connectivity index (χ0v) is 6.63.